The van der Waals surface area contributed by atoms with Crippen molar-refractivity contribution in [2.45, 2.75) is 30.2 Å². The lowest BCUT2D eigenvalue weighted by molar-refractivity contribution is -0.385. The van der Waals surface area contributed by atoms with Gasteiger partial charge in [-0.15, -0.1) is 11.8 Å². The normalized spacial score (nSPS) is 16.0. The van der Waals surface area contributed by atoms with E-state index in [1.165, 1.54) is 24.2 Å². The average molecular weight is 389 g/mol. The molecule has 7 nitrogen and oxygen atoms in total. The summed E-state index contributed by atoms with van der Waals surface area (Å²) < 4.78 is 5.58. The number of furan rings is 1. The molecule has 1 saturated heterocycles. The van der Waals surface area contributed by atoms with E-state index in [2.05, 4.69) is 10.2 Å². The summed E-state index contributed by atoms with van der Waals surface area (Å²) in [4.78, 5) is 26.6. The highest BCUT2D eigenvalue weighted by Crippen LogP contribution is 2.27. The summed E-state index contributed by atoms with van der Waals surface area (Å²) in [5.41, 5.74) is -0.0958. The fourth-order valence-corrected chi connectivity index (χ4v) is 3.83. The highest BCUT2D eigenvalue weighted by atomic mass is 32.2. The zero-order valence-corrected chi connectivity index (χ0v) is 16.0. The fourth-order valence-electron chi connectivity index (χ4n) is 3.39. The van der Waals surface area contributed by atoms with Crippen LogP contribution < -0.4 is 5.32 Å². The fraction of sp³-hybridized carbons (Fsp3) is 0.421. The Bertz CT molecular complexity index is 788. The average Bonchev–Trinajstić information content (AvgIpc) is 3.22. The molecule has 0 spiro atoms. The van der Waals surface area contributed by atoms with Crippen molar-refractivity contribution in [2.75, 3.05) is 25.9 Å². The molecule has 2 aromatic rings. The van der Waals surface area contributed by atoms with Crippen molar-refractivity contribution in [1.82, 2.24) is 10.2 Å². The molecule has 1 amide bonds. The molecule has 1 aromatic heterocycles. The van der Waals surface area contributed by atoms with Gasteiger partial charge in [0.05, 0.1) is 17.2 Å². The van der Waals surface area contributed by atoms with Crippen molar-refractivity contribution in [3.8, 4) is 0 Å². The number of carbonyl (C=O) groups is 1. The number of benzene rings is 1. The Morgan fingerprint density at radius 3 is 2.74 bits per heavy atom. The van der Waals surface area contributed by atoms with Gasteiger partial charge in [-0.05, 0) is 56.5 Å². The standard InChI is InChI=1S/C19H23N3O4S/c1-27-14-7-8-16(22(24)25)15(12-14)19(23)20-13-17(18-6-5-11-26-18)21-9-3-2-4-10-21/h5-8,11-12,17H,2-4,9-10,13H2,1H3,(H,20,23). The van der Waals surface area contributed by atoms with Crippen LogP contribution in [0.2, 0.25) is 0 Å². The molecule has 8 heteroatoms. The van der Waals surface area contributed by atoms with Crippen LogP contribution in [0.15, 0.2) is 45.9 Å². The number of nitrogens with one attached hydrogen (secondary N) is 1. The predicted molar refractivity (Wildman–Crippen MR) is 104 cm³/mol. The second kappa shape index (κ2) is 9.05. The number of thioether (sulfide) groups is 1. The van der Waals surface area contributed by atoms with E-state index in [0.29, 0.717) is 6.54 Å². The van der Waals surface area contributed by atoms with Gasteiger partial charge in [-0.3, -0.25) is 19.8 Å². The number of amides is 1. The van der Waals surface area contributed by atoms with E-state index >= 15 is 0 Å². The largest absolute Gasteiger partial charge is 0.468 e. The first-order valence-electron chi connectivity index (χ1n) is 8.98. The number of piperidine rings is 1. The van der Waals surface area contributed by atoms with Crippen molar-refractivity contribution < 1.29 is 14.1 Å². The van der Waals surface area contributed by atoms with Crippen molar-refractivity contribution in [2.24, 2.45) is 0 Å². The Labute approximate surface area is 162 Å². The van der Waals surface area contributed by atoms with Gasteiger partial charge in [0.25, 0.3) is 11.6 Å². The van der Waals surface area contributed by atoms with E-state index in [0.717, 1.165) is 36.6 Å². The molecule has 0 bridgehead atoms. The van der Waals surface area contributed by atoms with Gasteiger partial charge in [0.1, 0.15) is 11.3 Å². The van der Waals surface area contributed by atoms with Crippen LogP contribution in [0.1, 0.15) is 41.4 Å². The number of nitro benzene ring substituents is 1. The van der Waals surface area contributed by atoms with Crippen molar-refractivity contribution in [3.63, 3.8) is 0 Å². The molecule has 1 fully saturated rings. The van der Waals surface area contributed by atoms with E-state index in [1.807, 2.05) is 18.4 Å². The second-order valence-corrected chi connectivity index (χ2v) is 7.36. The summed E-state index contributed by atoms with van der Waals surface area (Å²) in [6, 6.07) is 8.27. The third-order valence-corrected chi connectivity index (χ3v) is 5.53. The topological polar surface area (TPSA) is 88.6 Å². The molecule has 0 aliphatic carbocycles. The second-order valence-electron chi connectivity index (χ2n) is 6.48. The van der Waals surface area contributed by atoms with Gasteiger partial charge >= 0.3 is 0 Å². The zero-order valence-electron chi connectivity index (χ0n) is 15.2. The number of carbonyl (C=O) groups excluding carboxylic acids is 1. The van der Waals surface area contributed by atoms with E-state index in [-0.39, 0.29) is 17.3 Å². The third-order valence-electron chi connectivity index (χ3n) is 4.80. The predicted octanol–water partition coefficient (Wildman–Crippen LogP) is 3.87. The minimum atomic E-state index is -0.520. The van der Waals surface area contributed by atoms with E-state index in [1.54, 1.807) is 18.4 Å². The highest BCUT2D eigenvalue weighted by molar-refractivity contribution is 7.98. The van der Waals surface area contributed by atoms with Crippen molar-refractivity contribution in [3.05, 3.63) is 58.0 Å². The maximum Gasteiger partial charge on any atom is 0.282 e. The molecule has 27 heavy (non-hydrogen) atoms. The van der Waals surface area contributed by atoms with Crippen LogP contribution >= 0.6 is 11.8 Å². The highest BCUT2D eigenvalue weighted by Gasteiger charge is 2.27. The molecule has 3 rings (SSSR count). The smallest absolute Gasteiger partial charge is 0.282 e. The summed E-state index contributed by atoms with van der Waals surface area (Å²) in [6.45, 7) is 2.24. The van der Waals surface area contributed by atoms with Gasteiger partial charge in [0.15, 0.2) is 0 Å². The molecule has 1 aliphatic rings. The van der Waals surface area contributed by atoms with Crippen LogP contribution in [0.5, 0.6) is 0 Å². The van der Waals surface area contributed by atoms with Crippen LogP contribution in [0.25, 0.3) is 0 Å². The number of hydrogen-bond acceptors (Lipinski definition) is 6. The number of nitro groups is 1. The molecular weight excluding hydrogens is 366 g/mol. The molecule has 2 heterocycles. The Balaban J connectivity index is 1.77. The van der Waals surface area contributed by atoms with Gasteiger partial charge in [-0.1, -0.05) is 6.42 Å². The van der Waals surface area contributed by atoms with E-state index < -0.39 is 10.8 Å². The van der Waals surface area contributed by atoms with E-state index in [4.69, 9.17) is 4.42 Å². The van der Waals surface area contributed by atoms with Crippen LogP contribution in [0.3, 0.4) is 0 Å². The van der Waals surface area contributed by atoms with Crippen LogP contribution in [-0.2, 0) is 0 Å². The molecule has 0 saturated carbocycles. The lowest BCUT2D eigenvalue weighted by Crippen LogP contribution is -2.40. The minimum absolute atomic E-state index is 0.0768. The Morgan fingerprint density at radius 1 is 1.33 bits per heavy atom. The van der Waals surface area contributed by atoms with E-state index in [9.17, 15) is 14.9 Å². The van der Waals surface area contributed by atoms with Crippen LogP contribution in [0, 0.1) is 10.1 Å². The Morgan fingerprint density at radius 2 is 2.11 bits per heavy atom. The number of hydrogen-bond donors (Lipinski definition) is 1. The quantitative estimate of drug-likeness (QED) is 0.439. The molecule has 144 valence electrons. The van der Waals surface area contributed by atoms with Gasteiger partial charge in [0, 0.05) is 17.5 Å². The van der Waals surface area contributed by atoms with Crippen molar-refractivity contribution in [1.29, 1.82) is 0 Å². The molecule has 0 radical (unpaired) electrons. The maximum atomic E-state index is 12.7. The number of nitrogens with zero attached hydrogens (tertiary/aromatic N) is 2. The van der Waals surface area contributed by atoms with Gasteiger partial charge in [-0.25, -0.2) is 0 Å². The lowest BCUT2D eigenvalue weighted by atomic mass is 10.1. The summed E-state index contributed by atoms with van der Waals surface area (Å²) in [5, 5.41) is 14.2. The van der Waals surface area contributed by atoms with Gasteiger partial charge in [0.2, 0.25) is 0 Å². The summed E-state index contributed by atoms with van der Waals surface area (Å²) in [7, 11) is 0. The van der Waals surface area contributed by atoms with Crippen LogP contribution in [0.4, 0.5) is 5.69 Å². The number of rotatable bonds is 7. The molecule has 1 N–H and O–H groups in total. The molecule has 1 aliphatic heterocycles. The Kier molecular flexibility index (Phi) is 6.52. The molecule has 1 aromatic carbocycles. The maximum absolute atomic E-state index is 12.7. The first kappa shape index (κ1) is 19.4. The van der Waals surface area contributed by atoms with Crippen molar-refractivity contribution >= 4 is 23.4 Å². The molecular formula is C19H23N3O4S. The van der Waals surface area contributed by atoms with Crippen LogP contribution in [-0.4, -0.2) is 41.6 Å². The van der Waals surface area contributed by atoms with Gasteiger partial charge in [-0.2, -0.15) is 0 Å². The minimum Gasteiger partial charge on any atom is -0.468 e. The number of likely N-dealkylation sites (tertiary alicyclic amines) is 1. The zero-order chi connectivity index (χ0) is 19.2. The monoisotopic (exact) mass is 389 g/mol. The lowest BCUT2D eigenvalue weighted by Gasteiger charge is -2.33. The summed E-state index contributed by atoms with van der Waals surface area (Å²) in [5.74, 6) is 0.357. The third kappa shape index (κ3) is 4.70. The summed E-state index contributed by atoms with van der Waals surface area (Å²) >= 11 is 1.44. The summed E-state index contributed by atoms with van der Waals surface area (Å²) in [6.07, 6.45) is 6.94. The molecule has 1 unspecified atom stereocenters. The first-order valence-corrected chi connectivity index (χ1v) is 10.2. The Hall–Kier alpha value is -2.32. The first-order chi connectivity index (χ1) is 13.1. The van der Waals surface area contributed by atoms with Gasteiger partial charge < -0.3 is 9.73 Å². The molecule has 1 atom stereocenters. The SMILES string of the molecule is CSc1ccc([N+](=O)[O-])c(C(=O)NCC(c2ccco2)N2CCCCC2)c1.